The minimum Gasteiger partial charge on any atom is -0.492 e. The summed E-state index contributed by atoms with van der Waals surface area (Å²) in [4.78, 5) is 13.3. The van der Waals surface area contributed by atoms with Crippen LogP contribution in [-0.4, -0.2) is 28.4 Å². The molecule has 2 aromatic carbocycles. The molecular weight excluding hydrogens is 378 g/mol. The molecule has 1 N–H and O–H groups in total. The third kappa shape index (κ3) is 3.22. The van der Waals surface area contributed by atoms with E-state index in [2.05, 4.69) is 5.32 Å². The summed E-state index contributed by atoms with van der Waals surface area (Å²) >= 11 is 0. The van der Waals surface area contributed by atoms with Crippen LogP contribution in [-0.2, 0) is 19.3 Å². The van der Waals surface area contributed by atoms with Gasteiger partial charge in [0, 0.05) is 29.3 Å². The van der Waals surface area contributed by atoms with Gasteiger partial charge >= 0.3 is 0 Å². The molecule has 6 heteroatoms. The van der Waals surface area contributed by atoms with Crippen molar-refractivity contribution in [2.45, 2.75) is 45.6 Å². The van der Waals surface area contributed by atoms with E-state index in [1.165, 1.54) is 0 Å². The Morgan fingerprint density at radius 2 is 2.10 bits per heavy atom. The quantitative estimate of drug-likeness (QED) is 0.688. The lowest BCUT2D eigenvalue weighted by molar-refractivity contribution is 0.102. The summed E-state index contributed by atoms with van der Waals surface area (Å²) < 4.78 is 13.6. The molecule has 1 aliphatic carbocycles. The van der Waals surface area contributed by atoms with E-state index in [1.54, 1.807) is 0 Å². The van der Waals surface area contributed by atoms with Crippen LogP contribution in [0.25, 0.3) is 5.69 Å². The van der Waals surface area contributed by atoms with E-state index in [4.69, 9.17) is 14.6 Å². The third-order valence-corrected chi connectivity index (χ3v) is 5.69. The number of anilines is 1. The van der Waals surface area contributed by atoms with Gasteiger partial charge in [-0.05, 0) is 51.3 Å². The Bertz CT molecular complexity index is 1100. The summed E-state index contributed by atoms with van der Waals surface area (Å²) in [5.74, 6) is 1.26. The number of hydrogen-bond acceptors (Lipinski definition) is 4. The molecule has 0 radical (unpaired) electrons. The molecular formula is C24H25N3O3. The summed E-state index contributed by atoms with van der Waals surface area (Å²) in [5, 5.41) is 7.72. The topological polar surface area (TPSA) is 65.4 Å². The van der Waals surface area contributed by atoms with Gasteiger partial charge in [0.1, 0.15) is 17.6 Å². The van der Waals surface area contributed by atoms with Crippen LogP contribution in [0.3, 0.4) is 0 Å². The lowest BCUT2D eigenvalue weighted by Gasteiger charge is -2.13. The van der Waals surface area contributed by atoms with Crippen molar-refractivity contribution in [3.8, 4) is 17.2 Å². The van der Waals surface area contributed by atoms with Gasteiger partial charge in [0.25, 0.3) is 5.91 Å². The highest BCUT2D eigenvalue weighted by molar-refractivity contribution is 6.05. The maximum Gasteiger partial charge on any atom is 0.276 e. The van der Waals surface area contributed by atoms with Gasteiger partial charge < -0.3 is 14.8 Å². The molecule has 0 fully saturated rings. The molecule has 3 aromatic rings. The van der Waals surface area contributed by atoms with Gasteiger partial charge in [-0.25, -0.2) is 4.68 Å². The first-order valence-electron chi connectivity index (χ1n) is 10.6. The normalized spacial score (nSPS) is 16.7. The van der Waals surface area contributed by atoms with Gasteiger partial charge in [-0.1, -0.05) is 18.2 Å². The molecule has 0 bridgehead atoms. The number of carbonyl (C=O) groups is 1. The predicted molar refractivity (Wildman–Crippen MR) is 115 cm³/mol. The van der Waals surface area contributed by atoms with E-state index in [0.717, 1.165) is 53.9 Å². The molecule has 2 aliphatic rings. The molecule has 5 rings (SSSR count). The summed E-state index contributed by atoms with van der Waals surface area (Å²) in [6.45, 7) is 4.50. The lowest BCUT2D eigenvalue weighted by atomic mass is 10.1. The van der Waals surface area contributed by atoms with E-state index in [9.17, 15) is 4.79 Å². The van der Waals surface area contributed by atoms with E-state index >= 15 is 0 Å². The van der Waals surface area contributed by atoms with Crippen LogP contribution in [0.1, 0.15) is 47.6 Å². The number of amides is 1. The van der Waals surface area contributed by atoms with Crippen LogP contribution in [0.2, 0.25) is 0 Å². The highest BCUT2D eigenvalue weighted by atomic mass is 16.5. The first kappa shape index (κ1) is 18.7. The standard InChI is InChI=1S/C24H25N3O3/c1-3-29-22-13-16-12-15(2)30-21(16)14-19(22)25-24(28)23-18-10-7-11-20(18)27(26-23)17-8-5-4-6-9-17/h4-6,8-9,13-15H,3,7,10-12H2,1-2H3,(H,25,28)/t15-/m0/s1. The second-order valence-electron chi connectivity index (χ2n) is 7.85. The largest absolute Gasteiger partial charge is 0.492 e. The summed E-state index contributed by atoms with van der Waals surface area (Å²) in [7, 11) is 0. The average molecular weight is 403 g/mol. The van der Waals surface area contributed by atoms with Crippen LogP contribution < -0.4 is 14.8 Å². The summed E-state index contributed by atoms with van der Waals surface area (Å²) in [6.07, 6.45) is 3.81. The number of hydrogen-bond donors (Lipinski definition) is 1. The van der Waals surface area contributed by atoms with Crippen molar-refractivity contribution < 1.29 is 14.3 Å². The third-order valence-electron chi connectivity index (χ3n) is 5.69. The molecule has 1 aliphatic heterocycles. The zero-order valence-corrected chi connectivity index (χ0v) is 17.3. The number of nitrogens with zero attached hydrogens (tertiary/aromatic N) is 2. The fraction of sp³-hybridized carbons (Fsp3) is 0.333. The Morgan fingerprint density at radius 3 is 2.90 bits per heavy atom. The van der Waals surface area contributed by atoms with Gasteiger partial charge in [0.15, 0.2) is 5.69 Å². The fourth-order valence-corrected chi connectivity index (χ4v) is 4.40. The average Bonchev–Trinajstić information content (AvgIpc) is 3.43. The van der Waals surface area contributed by atoms with Crippen molar-refractivity contribution in [3.05, 3.63) is 65.0 Å². The Morgan fingerprint density at radius 1 is 1.27 bits per heavy atom. The SMILES string of the molecule is CCOc1cc2c(cc1NC(=O)c1nn(-c3ccccc3)c3c1CCC3)O[C@@H](C)C2. The number of para-hydroxylation sites is 1. The van der Waals surface area contributed by atoms with Crippen LogP contribution in [0, 0.1) is 0 Å². The number of rotatable bonds is 5. The van der Waals surface area contributed by atoms with Gasteiger partial charge in [0.2, 0.25) is 0 Å². The first-order chi connectivity index (χ1) is 14.6. The van der Waals surface area contributed by atoms with Crippen LogP contribution >= 0.6 is 0 Å². The van der Waals surface area contributed by atoms with Crippen molar-refractivity contribution in [1.82, 2.24) is 9.78 Å². The Balaban J connectivity index is 1.49. The molecule has 1 atom stereocenters. The van der Waals surface area contributed by atoms with Gasteiger partial charge in [-0.3, -0.25) is 4.79 Å². The molecule has 0 unspecified atom stereocenters. The van der Waals surface area contributed by atoms with Crippen molar-refractivity contribution in [1.29, 1.82) is 0 Å². The second-order valence-corrected chi connectivity index (χ2v) is 7.85. The van der Waals surface area contributed by atoms with Crippen molar-refractivity contribution in [2.24, 2.45) is 0 Å². The lowest BCUT2D eigenvalue weighted by Crippen LogP contribution is -2.16. The maximum atomic E-state index is 13.3. The molecule has 0 spiro atoms. The number of fused-ring (bicyclic) bond motifs is 2. The zero-order chi connectivity index (χ0) is 20.7. The molecule has 6 nitrogen and oxygen atoms in total. The van der Waals surface area contributed by atoms with Gasteiger partial charge in [-0.15, -0.1) is 0 Å². The smallest absolute Gasteiger partial charge is 0.276 e. The van der Waals surface area contributed by atoms with Crippen LogP contribution in [0.4, 0.5) is 5.69 Å². The molecule has 0 saturated carbocycles. The van der Waals surface area contributed by atoms with Crippen LogP contribution in [0.15, 0.2) is 42.5 Å². The molecule has 0 saturated heterocycles. The van der Waals surface area contributed by atoms with Gasteiger partial charge in [0.05, 0.1) is 18.0 Å². The molecule has 30 heavy (non-hydrogen) atoms. The molecule has 154 valence electrons. The molecule has 1 amide bonds. The molecule has 1 aromatic heterocycles. The predicted octanol–water partition coefficient (Wildman–Crippen LogP) is 4.34. The summed E-state index contributed by atoms with van der Waals surface area (Å²) in [6, 6.07) is 13.8. The Hall–Kier alpha value is -3.28. The van der Waals surface area contributed by atoms with Crippen molar-refractivity contribution in [2.75, 3.05) is 11.9 Å². The Labute approximate surface area is 175 Å². The number of carbonyl (C=O) groups excluding carboxylic acids is 1. The number of benzene rings is 2. The Kier molecular flexibility index (Phi) is 4.69. The van der Waals surface area contributed by atoms with Crippen molar-refractivity contribution >= 4 is 11.6 Å². The molecule has 2 heterocycles. The van der Waals surface area contributed by atoms with E-state index in [-0.39, 0.29) is 12.0 Å². The second kappa shape index (κ2) is 7.52. The summed E-state index contributed by atoms with van der Waals surface area (Å²) in [5.41, 5.74) is 5.37. The number of ether oxygens (including phenoxy) is 2. The zero-order valence-electron chi connectivity index (χ0n) is 17.3. The minimum absolute atomic E-state index is 0.130. The fourth-order valence-electron chi connectivity index (χ4n) is 4.40. The monoisotopic (exact) mass is 403 g/mol. The number of aromatic nitrogens is 2. The first-order valence-corrected chi connectivity index (χ1v) is 10.6. The number of nitrogens with one attached hydrogen (secondary N) is 1. The highest BCUT2D eigenvalue weighted by Gasteiger charge is 2.28. The van der Waals surface area contributed by atoms with E-state index in [1.807, 2.05) is 61.0 Å². The van der Waals surface area contributed by atoms with Crippen molar-refractivity contribution in [3.63, 3.8) is 0 Å². The van der Waals surface area contributed by atoms with Crippen LogP contribution in [0.5, 0.6) is 11.5 Å². The minimum atomic E-state index is -0.213. The highest BCUT2D eigenvalue weighted by Crippen LogP contribution is 2.38. The van der Waals surface area contributed by atoms with E-state index in [0.29, 0.717) is 23.7 Å². The van der Waals surface area contributed by atoms with Gasteiger partial charge in [-0.2, -0.15) is 5.10 Å². The van der Waals surface area contributed by atoms with E-state index < -0.39 is 0 Å². The maximum absolute atomic E-state index is 13.3.